The molecule has 0 spiro atoms. The van der Waals surface area contributed by atoms with Crippen LogP contribution < -0.4 is 0 Å². The summed E-state index contributed by atoms with van der Waals surface area (Å²) in [5.74, 6) is 0. The van der Waals surface area contributed by atoms with Gasteiger partial charge >= 0.3 is 92.4 Å². The zero-order chi connectivity index (χ0) is 14.4. The number of hydrogen-bond donors (Lipinski definition) is 0. The van der Waals surface area contributed by atoms with Crippen LogP contribution in [0.25, 0.3) is 0 Å². The Hall–Kier alpha value is 0.709. The Kier molecular flexibility index (Phi) is 16.5. The molecule has 5 heteroatoms. The molecule has 0 saturated heterocycles. The Bertz CT molecular complexity index is 226. The molecule has 0 aromatic heterocycles. The second kappa shape index (κ2) is 14.1. The molecule has 0 bridgehead atoms. The summed E-state index contributed by atoms with van der Waals surface area (Å²) in [4.78, 5) is 0. The van der Waals surface area contributed by atoms with E-state index in [4.69, 9.17) is 13.0 Å². The minimum absolute atomic E-state index is 0.604. The zero-order valence-corrected chi connectivity index (χ0v) is 16.2. The van der Waals surface area contributed by atoms with Gasteiger partial charge in [0.05, 0.1) is 10.1 Å². The number of hydrogen-bond acceptors (Lipinski definition) is 3. The van der Waals surface area contributed by atoms with Crippen LogP contribution in [0.1, 0.15) is 59.3 Å². The molecule has 0 fully saturated rings. The first kappa shape index (κ1) is 21.0. The number of unbranched alkanes of at least 4 members (excludes halogenated alkanes) is 3. The maximum Gasteiger partial charge on any atom is 0.0916 e. The summed E-state index contributed by atoms with van der Waals surface area (Å²) < 4.78 is 32.3. The molecule has 0 aromatic rings. The van der Waals surface area contributed by atoms with Gasteiger partial charge in [0.1, 0.15) is 0 Å². The van der Waals surface area contributed by atoms with Gasteiger partial charge in [0, 0.05) is 6.26 Å². The standard InChI is InChI=1S/3C4H9.CH4O3S.Sn/c3*1-3-4-2;1-5(2,3)4;/h3*1,3-4H2,2H3;1H3,(H,2,3,4);/q;;;;+1/p-1. The summed E-state index contributed by atoms with van der Waals surface area (Å²) in [5, 5.41) is 0. The quantitative estimate of drug-likeness (QED) is 0.445. The van der Waals surface area contributed by atoms with E-state index in [0.717, 1.165) is 0 Å². The van der Waals surface area contributed by atoms with Gasteiger partial charge in [0.25, 0.3) is 0 Å². The molecular formula is C13H30O3SSn. The normalized spacial score (nSPS) is 10.7. The molecule has 0 unspecified atom stereocenters. The fourth-order valence-electron chi connectivity index (χ4n) is 1.66. The van der Waals surface area contributed by atoms with E-state index >= 15 is 0 Å². The molecule has 0 aliphatic carbocycles. The van der Waals surface area contributed by atoms with Crippen LogP contribution in [0.5, 0.6) is 0 Å². The zero-order valence-electron chi connectivity index (χ0n) is 12.5. The molecule has 0 heterocycles. The minimum Gasteiger partial charge on any atom is -0.748 e. The SMILES string of the molecule is CCC[CH2][Sn+]([CH2]CCC)[CH2]CCC.CS(=O)(=O)[O-]. The summed E-state index contributed by atoms with van der Waals surface area (Å²) in [6.07, 6.45) is 9.45. The number of rotatable bonds is 9. The van der Waals surface area contributed by atoms with Crippen molar-refractivity contribution in [1.29, 1.82) is 0 Å². The summed E-state index contributed by atoms with van der Waals surface area (Å²) in [6.45, 7) is 7.00. The Labute approximate surface area is 121 Å². The molecule has 0 N–H and O–H groups in total. The van der Waals surface area contributed by atoms with Crippen LogP contribution in [0, 0.1) is 0 Å². The third kappa shape index (κ3) is 25.5. The van der Waals surface area contributed by atoms with Crippen LogP contribution in [-0.2, 0) is 10.1 Å². The predicted molar refractivity (Wildman–Crippen MR) is 80.5 cm³/mol. The Morgan fingerprint density at radius 2 is 1.06 bits per heavy atom. The van der Waals surface area contributed by atoms with Crippen molar-refractivity contribution in [2.24, 2.45) is 0 Å². The Morgan fingerprint density at radius 3 is 1.22 bits per heavy atom. The van der Waals surface area contributed by atoms with E-state index in [-0.39, 0.29) is 0 Å². The van der Waals surface area contributed by atoms with Crippen LogP contribution in [-0.4, -0.2) is 39.0 Å². The van der Waals surface area contributed by atoms with E-state index in [1.807, 2.05) is 0 Å². The molecule has 0 amide bonds. The first-order chi connectivity index (χ1) is 8.35. The van der Waals surface area contributed by atoms with Gasteiger partial charge < -0.3 is 4.55 Å². The van der Waals surface area contributed by atoms with Crippen molar-refractivity contribution in [3.05, 3.63) is 0 Å². The third-order valence-electron chi connectivity index (χ3n) is 2.65. The van der Waals surface area contributed by atoms with Crippen molar-refractivity contribution in [3.8, 4) is 0 Å². The first-order valence-electron chi connectivity index (χ1n) is 7.09. The molecule has 0 atom stereocenters. The Morgan fingerprint density at radius 1 is 0.833 bits per heavy atom. The maximum absolute atomic E-state index is 9.08. The van der Waals surface area contributed by atoms with Crippen LogP contribution in [0.4, 0.5) is 0 Å². The van der Waals surface area contributed by atoms with E-state index in [2.05, 4.69) is 20.8 Å². The van der Waals surface area contributed by atoms with Gasteiger partial charge in [-0.3, -0.25) is 0 Å². The van der Waals surface area contributed by atoms with Gasteiger partial charge in [-0.2, -0.15) is 0 Å². The average Bonchev–Trinajstić information content (AvgIpc) is 2.26. The second-order valence-corrected chi connectivity index (χ2v) is 14.7. The topological polar surface area (TPSA) is 57.2 Å². The van der Waals surface area contributed by atoms with Gasteiger partial charge in [0.2, 0.25) is 0 Å². The largest absolute Gasteiger partial charge is 0.748 e. The van der Waals surface area contributed by atoms with E-state index in [0.29, 0.717) is 6.26 Å². The van der Waals surface area contributed by atoms with Crippen molar-refractivity contribution in [1.82, 2.24) is 0 Å². The molecule has 3 nitrogen and oxygen atoms in total. The molecule has 0 rings (SSSR count). The first-order valence-corrected chi connectivity index (χ1v) is 15.0. The summed E-state index contributed by atoms with van der Waals surface area (Å²) in [6, 6.07) is 0. The van der Waals surface area contributed by atoms with E-state index in [1.165, 1.54) is 38.5 Å². The monoisotopic (exact) mass is 386 g/mol. The summed E-state index contributed by atoms with van der Waals surface area (Å²) in [7, 11) is -3.92. The van der Waals surface area contributed by atoms with Crippen molar-refractivity contribution in [3.63, 3.8) is 0 Å². The molecule has 18 heavy (non-hydrogen) atoms. The predicted octanol–water partition coefficient (Wildman–Crippen LogP) is 4.04. The van der Waals surface area contributed by atoms with E-state index < -0.39 is 29.9 Å². The minimum atomic E-state index is -3.92. The Balaban J connectivity index is 0. The second-order valence-electron chi connectivity index (χ2n) is 4.76. The molecular weight excluding hydrogens is 355 g/mol. The van der Waals surface area contributed by atoms with E-state index in [9.17, 15) is 0 Å². The van der Waals surface area contributed by atoms with Crippen molar-refractivity contribution in [2.75, 3.05) is 6.26 Å². The summed E-state index contributed by atoms with van der Waals surface area (Å²) >= 11 is -0.839. The molecule has 0 saturated carbocycles. The van der Waals surface area contributed by atoms with Crippen molar-refractivity contribution >= 4 is 29.9 Å². The van der Waals surface area contributed by atoms with Crippen LogP contribution in [0.3, 0.4) is 0 Å². The van der Waals surface area contributed by atoms with Crippen molar-refractivity contribution in [2.45, 2.75) is 72.6 Å². The fourth-order valence-corrected chi connectivity index (χ4v) is 11.1. The smallest absolute Gasteiger partial charge is 0.0916 e. The average molecular weight is 385 g/mol. The fraction of sp³-hybridized carbons (Fsp3) is 1.00. The van der Waals surface area contributed by atoms with Crippen LogP contribution in [0.2, 0.25) is 13.3 Å². The van der Waals surface area contributed by atoms with Gasteiger partial charge in [-0.15, -0.1) is 0 Å². The molecule has 0 aromatic carbocycles. The molecule has 0 aliphatic heterocycles. The van der Waals surface area contributed by atoms with Crippen LogP contribution >= 0.6 is 0 Å². The van der Waals surface area contributed by atoms with E-state index in [1.54, 1.807) is 13.3 Å². The van der Waals surface area contributed by atoms with Gasteiger partial charge in [-0.25, -0.2) is 8.42 Å². The summed E-state index contributed by atoms with van der Waals surface area (Å²) in [5.41, 5.74) is 0. The third-order valence-corrected chi connectivity index (χ3v) is 11.7. The molecule has 0 aliphatic rings. The molecule has 110 valence electrons. The van der Waals surface area contributed by atoms with Gasteiger partial charge in [0.15, 0.2) is 0 Å². The maximum atomic E-state index is 9.08. The van der Waals surface area contributed by atoms with Crippen LogP contribution in [0.15, 0.2) is 0 Å². The molecule has 0 radical (unpaired) electrons. The van der Waals surface area contributed by atoms with Gasteiger partial charge in [-0.05, 0) is 0 Å². The van der Waals surface area contributed by atoms with Gasteiger partial charge in [-0.1, -0.05) is 0 Å². The van der Waals surface area contributed by atoms with Crippen molar-refractivity contribution < 1.29 is 13.0 Å².